The van der Waals surface area contributed by atoms with Crippen molar-refractivity contribution in [2.45, 2.75) is 39.5 Å². The van der Waals surface area contributed by atoms with Crippen LogP contribution in [-0.2, 0) is 22.3 Å². The normalized spacial score (nSPS) is 17.9. The molecule has 0 radical (unpaired) electrons. The van der Waals surface area contributed by atoms with Gasteiger partial charge in [-0.25, -0.2) is 4.98 Å². The van der Waals surface area contributed by atoms with Crippen molar-refractivity contribution in [3.63, 3.8) is 0 Å². The zero-order valence-electron chi connectivity index (χ0n) is 15.8. The van der Waals surface area contributed by atoms with E-state index in [4.69, 9.17) is 9.47 Å². The molecular weight excluding hydrogens is 336 g/mol. The average molecular weight is 369 g/mol. The molecule has 2 heterocycles. The first-order chi connectivity index (χ1) is 12.2. The van der Waals surface area contributed by atoms with E-state index in [1.54, 1.807) is 18.4 Å². The van der Waals surface area contributed by atoms with Gasteiger partial charge in [-0.05, 0) is 26.2 Å². The smallest absolute Gasteiger partial charge is 0.190 e. The third-order valence-electron chi connectivity index (χ3n) is 4.26. The van der Waals surface area contributed by atoms with Crippen molar-refractivity contribution in [2.24, 2.45) is 10.9 Å². The minimum Gasteiger partial charge on any atom is -0.381 e. The molecule has 1 unspecified atom stereocenters. The summed E-state index contributed by atoms with van der Waals surface area (Å²) in [6, 6.07) is 0. The largest absolute Gasteiger partial charge is 0.381 e. The first-order valence-electron chi connectivity index (χ1n) is 9.28. The lowest BCUT2D eigenvalue weighted by Crippen LogP contribution is -2.39. The Kier molecular flexibility index (Phi) is 9.21. The quantitative estimate of drug-likeness (QED) is 0.376. The van der Waals surface area contributed by atoms with Crippen LogP contribution >= 0.6 is 11.3 Å². The maximum atomic E-state index is 5.71. The summed E-state index contributed by atoms with van der Waals surface area (Å²) in [5.74, 6) is 1.43. The Morgan fingerprint density at radius 2 is 2.24 bits per heavy atom. The molecule has 1 aromatic rings. The summed E-state index contributed by atoms with van der Waals surface area (Å²) < 4.78 is 11.1. The molecule has 2 N–H and O–H groups in total. The number of aromatic nitrogens is 1. The fraction of sp³-hybridized carbons (Fsp3) is 0.778. The Morgan fingerprint density at radius 1 is 1.40 bits per heavy atom. The third kappa shape index (κ3) is 7.30. The number of ether oxygens (including phenoxy) is 2. The molecule has 1 aliphatic rings. The van der Waals surface area contributed by atoms with Crippen LogP contribution in [0.2, 0.25) is 0 Å². The minimum absolute atomic E-state index is 0.588. The van der Waals surface area contributed by atoms with Crippen molar-refractivity contribution in [1.82, 2.24) is 15.6 Å². The number of aryl methyl sites for hydroxylation is 2. The van der Waals surface area contributed by atoms with Crippen molar-refractivity contribution in [2.75, 3.05) is 46.6 Å². The number of hydrogen-bond acceptors (Lipinski definition) is 5. The average Bonchev–Trinajstić information content (AvgIpc) is 3.25. The summed E-state index contributed by atoms with van der Waals surface area (Å²) in [7, 11) is 1.80. The van der Waals surface area contributed by atoms with Gasteiger partial charge in [0.25, 0.3) is 0 Å². The first-order valence-corrected chi connectivity index (χ1v) is 10.1. The molecule has 0 spiro atoms. The van der Waals surface area contributed by atoms with Crippen LogP contribution in [0.1, 0.15) is 35.3 Å². The molecule has 1 aromatic heterocycles. The number of aliphatic imine (C=N–C) groups is 1. The summed E-state index contributed by atoms with van der Waals surface area (Å²) in [6.45, 7) is 9.34. The van der Waals surface area contributed by atoms with Gasteiger partial charge in [-0.1, -0.05) is 6.92 Å². The van der Waals surface area contributed by atoms with E-state index < -0.39 is 0 Å². The van der Waals surface area contributed by atoms with Crippen LogP contribution in [0.15, 0.2) is 4.99 Å². The Hall–Kier alpha value is -1.18. The molecule has 1 aliphatic heterocycles. The zero-order valence-corrected chi connectivity index (χ0v) is 16.6. The zero-order chi connectivity index (χ0) is 17.9. The second-order valence-corrected chi connectivity index (χ2v) is 7.59. The molecule has 7 heteroatoms. The fourth-order valence-electron chi connectivity index (χ4n) is 2.78. The number of hydrogen-bond donors (Lipinski definition) is 2. The van der Waals surface area contributed by atoms with Gasteiger partial charge >= 0.3 is 0 Å². The van der Waals surface area contributed by atoms with Gasteiger partial charge < -0.3 is 20.1 Å². The van der Waals surface area contributed by atoms with Crippen molar-refractivity contribution < 1.29 is 9.47 Å². The van der Waals surface area contributed by atoms with Crippen LogP contribution in [0.5, 0.6) is 0 Å². The monoisotopic (exact) mass is 368 g/mol. The molecule has 142 valence electrons. The molecule has 0 saturated carbocycles. The van der Waals surface area contributed by atoms with E-state index in [0.29, 0.717) is 5.92 Å². The Labute approximate surface area is 155 Å². The number of thiazole rings is 1. The van der Waals surface area contributed by atoms with Crippen molar-refractivity contribution in [3.8, 4) is 0 Å². The number of guanidine groups is 1. The van der Waals surface area contributed by atoms with Crippen LogP contribution in [0.3, 0.4) is 0 Å². The van der Waals surface area contributed by atoms with Crippen LogP contribution in [0.4, 0.5) is 0 Å². The summed E-state index contributed by atoms with van der Waals surface area (Å²) in [6.07, 6.45) is 4.04. The van der Waals surface area contributed by atoms with E-state index in [1.807, 2.05) is 0 Å². The molecule has 0 aromatic carbocycles. The standard InChI is InChI=1S/C18H32N4O2S/c1-4-16-14(2)25-17(22-16)6-9-21-18(19-3)20-8-5-10-23-12-15-7-11-24-13-15/h15H,4-13H2,1-3H3,(H2,19,20,21). The lowest BCUT2D eigenvalue weighted by Gasteiger charge is -2.12. The number of rotatable bonds is 10. The first kappa shape index (κ1) is 20.1. The predicted molar refractivity (Wildman–Crippen MR) is 104 cm³/mol. The van der Waals surface area contributed by atoms with Crippen LogP contribution in [-0.4, -0.2) is 57.5 Å². The van der Waals surface area contributed by atoms with Crippen molar-refractivity contribution in [1.29, 1.82) is 0 Å². The second-order valence-electron chi connectivity index (χ2n) is 6.30. The van der Waals surface area contributed by atoms with Crippen LogP contribution in [0.25, 0.3) is 0 Å². The van der Waals surface area contributed by atoms with E-state index in [9.17, 15) is 0 Å². The number of nitrogens with one attached hydrogen (secondary N) is 2. The summed E-state index contributed by atoms with van der Waals surface area (Å²) in [4.78, 5) is 10.3. The highest BCUT2D eigenvalue weighted by atomic mass is 32.1. The van der Waals surface area contributed by atoms with Gasteiger partial charge in [-0.15, -0.1) is 11.3 Å². The van der Waals surface area contributed by atoms with Crippen molar-refractivity contribution in [3.05, 3.63) is 15.6 Å². The predicted octanol–water partition coefficient (Wildman–Crippen LogP) is 2.16. The maximum absolute atomic E-state index is 5.71. The number of nitrogens with zero attached hydrogens (tertiary/aromatic N) is 2. The molecule has 1 atom stereocenters. The molecule has 6 nitrogen and oxygen atoms in total. The lowest BCUT2D eigenvalue weighted by atomic mass is 10.1. The molecular formula is C18H32N4O2S. The molecule has 2 rings (SSSR count). The van der Waals surface area contributed by atoms with E-state index in [0.717, 1.165) is 71.2 Å². The highest BCUT2D eigenvalue weighted by Crippen LogP contribution is 2.17. The second kappa shape index (κ2) is 11.4. The van der Waals surface area contributed by atoms with Gasteiger partial charge in [0.05, 0.1) is 23.9 Å². The topological polar surface area (TPSA) is 67.8 Å². The molecule has 0 bridgehead atoms. The van der Waals surface area contributed by atoms with Crippen molar-refractivity contribution >= 4 is 17.3 Å². The summed E-state index contributed by atoms with van der Waals surface area (Å²) >= 11 is 1.80. The lowest BCUT2D eigenvalue weighted by molar-refractivity contribution is 0.0888. The van der Waals surface area contributed by atoms with Crippen LogP contribution < -0.4 is 10.6 Å². The van der Waals surface area contributed by atoms with E-state index in [2.05, 4.69) is 34.5 Å². The van der Waals surface area contributed by atoms with Crippen LogP contribution in [0, 0.1) is 12.8 Å². The third-order valence-corrected chi connectivity index (χ3v) is 5.34. The summed E-state index contributed by atoms with van der Waals surface area (Å²) in [5.41, 5.74) is 1.23. The SMILES string of the molecule is CCc1nc(CCNC(=NC)NCCCOCC2CCOC2)sc1C. The van der Waals surface area contributed by atoms with Gasteiger partial charge in [-0.3, -0.25) is 4.99 Å². The van der Waals surface area contributed by atoms with Gasteiger partial charge in [0.15, 0.2) is 5.96 Å². The molecule has 25 heavy (non-hydrogen) atoms. The van der Waals surface area contributed by atoms with E-state index in [1.165, 1.54) is 15.6 Å². The fourth-order valence-corrected chi connectivity index (χ4v) is 3.80. The highest BCUT2D eigenvalue weighted by molar-refractivity contribution is 7.11. The van der Waals surface area contributed by atoms with E-state index in [-0.39, 0.29) is 0 Å². The van der Waals surface area contributed by atoms with E-state index >= 15 is 0 Å². The molecule has 1 fully saturated rings. The Morgan fingerprint density at radius 3 is 2.92 bits per heavy atom. The molecule has 0 amide bonds. The van der Waals surface area contributed by atoms with Gasteiger partial charge in [0.2, 0.25) is 0 Å². The van der Waals surface area contributed by atoms with Gasteiger partial charge in [0, 0.05) is 50.6 Å². The van der Waals surface area contributed by atoms with Gasteiger partial charge in [0.1, 0.15) is 0 Å². The minimum atomic E-state index is 0.588. The Bertz CT molecular complexity index is 527. The molecule has 0 aliphatic carbocycles. The molecule has 1 saturated heterocycles. The van der Waals surface area contributed by atoms with Gasteiger partial charge in [-0.2, -0.15) is 0 Å². The summed E-state index contributed by atoms with van der Waals surface area (Å²) in [5, 5.41) is 7.87. The maximum Gasteiger partial charge on any atom is 0.190 e. The Balaban J connectivity index is 1.52. The highest BCUT2D eigenvalue weighted by Gasteiger charge is 2.15.